The van der Waals surface area contributed by atoms with Gasteiger partial charge in [0.15, 0.2) is 0 Å². The summed E-state index contributed by atoms with van der Waals surface area (Å²) in [5.41, 5.74) is 3.96. The lowest BCUT2D eigenvalue weighted by molar-refractivity contribution is 0.226. The van der Waals surface area contributed by atoms with Gasteiger partial charge in [0.25, 0.3) is 0 Å². The van der Waals surface area contributed by atoms with Crippen LogP contribution in [-0.2, 0) is 10.7 Å². The number of ether oxygens (including phenoxy) is 4. The van der Waals surface area contributed by atoms with E-state index in [4.69, 9.17) is 18.9 Å². The van der Waals surface area contributed by atoms with Crippen molar-refractivity contribution in [2.75, 3.05) is 26.4 Å². The highest BCUT2D eigenvalue weighted by Gasteiger charge is 2.17. The first kappa shape index (κ1) is 52.9. The van der Waals surface area contributed by atoms with Gasteiger partial charge in [-0.15, -0.1) is 11.3 Å². The average Bonchev–Trinajstić information content (AvgIpc) is 3.76. The second-order valence-corrected chi connectivity index (χ2v) is 19.0. The molecule has 2 atom stereocenters. The van der Waals surface area contributed by atoms with Gasteiger partial charge in [0.1, 0.15) is 23.0 Å². The second kappa shape index (κ2) is 33.2. The number of hydrogen-bond acceptors (Lipinski definition) is 5. The van der Waals surface area contributed by atoms with E-state index in [1.54, 1.807) is 11.3 Å². The maximum atomic E-state index is 6.75. The average molecular weight is 985 g/mol. The van der Waals surface area contributed by atoms with Crippen molar-refractivity contribution in [2.24, 2.45) is 11.8 Å². The van der Waals surface area contributed by atoms with Crippen molar-refractivity contribution < 1.29 is 18.9 Å². The number of thiophene rings is 1. The Balaban J connectivity index is 2.09. The highest BCUT2D eigenvalue weighted by Crippen LogP contribution is 2.36. The van der Waals surface area contributed by atoms with Crippen LogP contribution in [0.4, 0.5) is 0 Å². The van der Waals surface area contributed by atoms with E-state index >= 15 is 0 Å². The van der Waals surface area contributed by atoms with Gasteiger partial charge in [0.05, 0.1) is 36.9 Å². The van der Waals surface area contributed by atoms with Crippen LogP contribution < -0.4 is 18.9 Å². The van der Waals surface area contributed by atoms with Crippen LogP contribution in [0.3, 0.4) is 0 Å². The van der Waals surface area contributed by atoms with Gasteiger partial charge < -0.3 is 18.9 Å². The summed E-state index contributed by atoms with van der Waals surface area (Å²) in [6, 6.07) is 12.9. The summed E-state index contributed by atoms with van der Waals surface area (Å²) in [4.78, 5) is 2.31. The Hall–Kier alpha value is -2.40. The van der Waals surface area contributed by atoms with E-state index in [1.165, 1.54) is 108 Å². The minimum absolute atomic E-state index is 0.520. The van der Waals surface area contributed by atoms with Gasteiger partial charge in [-0.1, -0.05) is 200 Å². The zero-order chi connectivity index (χ0) is 43.9. The molecule has 1 heterocycles. The molecule has 0 bridgehead atoms. The molecule has 0 saturated carbocycles. The smallest absolute Gasteiger partial charge is 0.135 e. The van der Waals surface area contributed by atoms with Gasteiger partial charge >= 0.3 is 0 Å². The minimum Gasteiger partial charge on any atom is -0.493 e. The first-order chi connectivity index (χ1) is 29.9. The third-order valence-corrected chi connectivity index (χ3v) is 14.1. The van der Waals surface area contributed by atoms with Crippen molar-refractivity contribution >= 4 is 55.3 Å². The van der Waals surface area contributed by atoms with Crippen molar-refractivity contribution in [3.05, 3.63) is 68.4 Å². The molecule has 0 amide bonds. The van der Waals surface area contributed by atoms with Gasteiger partial charge in [0.2, 0.25) is 0 Å². The number of hydrogen-bond donors (Lipinski definition) is 0. The fourth-order valence-corrected chi connectivity index (χ4v) is 9.01. The molecule has 0 fully saturated rings. The monoisotopic (exact) mass is 982 g/mol. The zero-order valence-electron chi connectivity index (χ0n) is 39.0. The summed E-state index contributed by atoms with van der Waals surface area (Å²) < 4.78 is 26.7. The van der Waals surface area contributed by atoms with Crippen molar-refractivity contribution in [3.63, 3.8) is 0 Å². The lowest BCUT2D eigenvalue weighted by atomic mass is 10.00. The molecule has 0 aliphatic heterocycles. The number of benzene rings is 2. The minimum atomic E-state index is 0.520. The Labute approximate surface area is 394 Å². The molecular formula is C54H80Br2O4S. The van der Waals surface area contributed by atoms with Crippen molar-refractivity contribution in [3.8, 4) is 34.8 Å². The summed E-state index contributed by atoms with van der Waals surface area (Å²) in [5, 5.41) is 1.53. The lowest BCUT2D eigenvalue weighted by Gasteiger charge is -2.21. The molecule has 2 aromatic carbocycles. The molecule has 0 radical (unpaired) electrons. The number of unbranched alkanes of at least 4 members (excludes halogenated alkanes) is 12. The molecule has 1 aromatic heterocycles. The van der Waals surface area contributed by atoms with E-state index in [-0.39, 0.29) is 0 Å². The summed E-state index contributed by atoms with van der Waals surface area (Å²) in [5.74, 6) is 11.4. The normalized spacial score (nSPS) is 12.3. The Morgan fingerprint density at radius 2 is 1.03 bits per heavy atom. The van der Waals surface area contributed by atoms with Gasteiger partial charge in [-0.3, -0.25) is 0 Å². The quantitative estimate of drug-likeness (QED) is 0.0259. The predicted molar refractivity (Wildman–Crippen MR) is 273 cm³/mol. The van der Waals surface area contributed by atoms with E-state index in [0.29, 0.717) is 37.0 Å². The molecule has 61 heavy (non-hydrogen) atoms. The Morgan fingerprint density at radius 1 is 0.525 bits per heavy atom. The number of halogens is 2. The summed E-state index contributed by atoms with van der Waals surface area (Å²) in [7, 11) is 0. The largest absolute Gasteiger partial charge is 0.493 e. The summed E-state index contributed by atoms with van der Waals surface area (Å²) in [6.07, 6.45) is 28.4. The van der Waals surface area contributed by atoms with Crippen molar-refractivity contribution in [1.82, 2.24) is 0 Å². The Morgan fingerprint density at radius 3 is 1.56 bits per heavy atom. The fourth-order valence-electron chi connectivity index (χ4n) is 7.33. The third-order valence-electron chi connectivity index (χ3n) is 11.6. The fraction of sp³-hybridized carbons (Fsp3) is 0.630. The van der Waals surface area contributed by atoms with Crippen molar-refractivity contribution in [1.29, 1.82) is 0 Å². The van der Waals surface area contributed by atoms with Gasteiger partial charge in [0, 0.05) is 38.3 Å². The maximum absolute atomic E-state index is 6.75. The molecule has 4 nitrogen and oxygen atoms in total. The molecule has 0 N–H and O–H groups in total. The first-order valence-electron chi connectivity index (χ1n) is 24.2. The van der Waals surface area contributed by atoms with E-state index < -0.39 is 0 Å². The van der Waals surface area contributed by atoms with Crippen LogP contribution >= 0.6 is 43.2 Å². The molecule has 0 saturated heterocycles. The predicted octanol–water partition coefficient (Wildman–Crippen LogP) is 17.8. The summed E-state index contributed by atoms with van der Waals surface area (Å²) in [6.45, 7) is 16.4. The van der Waals surface area contributed by atoms with Crippen LogP contribution in [0, 0.1) is 23.7 Å². The van der Waals surface area contributed by atoms with Crippen molar-refractivity contribution in [2.45, 2.75) is 181 Å². The number of rotatable bonds is 34. The van der Waals surface area contributed by atoms with Crippen LogP contribution in [0.5, 0.6) is 23.0 Å². The third kappa shape index (κ3) is 20.8. The van der Waals surface area contributed by atoms with Gasteiger partial charge in [-0.25, -0.2) is 0 Å². The zero-order valence-corrected chi connectivity index (χ0v) is 42.9. The molecule has 3 aromatic rings. The highest BCUT2D eigenvalue weighted by molar-refractivity contribution is 9.08. The molecular weight excluding hydrogens is 904 g/mol. The topological polar surface area (TPSA) is 36.9 Å². The van der Waals surface area contributed by atoms with Crippen LogP contribution in [0.15, 0.2) is 36.4 Å². The van der Waals surface area contributed by atoms with Crippen LogP contribution in [-0.4, -0.2) is 26.4 Å². The molecule has 0 spiro atoms. The van der Waals surface area contributed by atoms with Gasteiger partial charge in [-0.2, -0.15) is 0 Å². The summed E-state index contributed by atoms with van der Waals surface area (Å²) >= 11 is 9.11. The molecule has 340 valence electrons. The molecule has 0 aliphatic rings. The second-order valence-electron chi connectivity index (χ2n) is 16.7. The Bertz CT molecular complexity index is 1700. The van der Waals surface area contributed by atoms with Crippen LogP contribution in [0.2, 0.25) is 0 Å². The van der Waals surface area contributed by atoms with E-state index in [2.05, 4.69) is 134 Å². The van der Waals surface area contributed by atoms with E-state index in [1.807, 2.05) is 0 Å². The lowest BCUT2D eigenvalue weighted by Crippen LogP contribution is -2.13. The maximum Gasteiger partial charge on any atom is 0.135 e. The molecule has 7 heteroatoms. The van der Waals surface area contributed by atoms with Crippen LogP contribution in [0.25, 0.3) is 12.2 Å². The van der Waals surface area contributed by atoms with Crippen LogP contribution in [0.1, 0.15) is 202 Å². The van der Waals surface area contributed by atoms with E-state index in [9.17, 15) is 0 Å². The molecule has 0 aliphatic carbocycles. The number of alkyl halides is 2. The molecule has 3 rings (SSSR count). The SMILES string of the molecule is CCCCCCCCOc1cc(/C=C/c2cc(OCC(CC)CCCC)c(CBr)cc2OCC(CC)CCCC)c(OCCCCCCCC)cc1C#Cc1ccc(CBr)s1. The van der Waals surface area contributed by atoms with Gasteiger partial charge in [-0.05, 0) is 67.9 Å². The Kier molecular flexibility index (Phi) is 28.8. The highest BCUT2D eigenvalue weighted by atomic mass is 79.9. The first-order valence-corrected chi connectivity index (χ1v) is 27.3. The standard InChI is InChI=1S/C54H80Br2O4S/c1-7-13-17-19-21-23-33-57-51-36-47(29-30-49-31-32-50(40-56)61-49)52(58-34-24-22-20-18-14-8-2)35-45(51)27-28-46-37-54(60-42-44(12-6)26-16-10-4)48(39-55)38-53(46)59-41-43(11-5)25-15-9-3/h27-28,31-32,35-38,43-44H,7-26,33-34,39-42H2,1-6H3/b28-27+. The molecule has 2 unspecified atom stereocenters. The van der Waals surface area contributed by atoms with E-state index in [0.717, 1.165) is 87.7 Å².